The molecule has 0 bridgehead atoms. The molecule has 0 aliphatic carbocycles. The van der Waals surface area contributed by atoms with Crippen molar-refractivity contribution < 1.29 is 4.74 Å². The summed E-state index contributed by atoms with van der Waals surface area (Å²) >= 11 is 0. The zero-order valence-corrected chi connectivity index (χ0v) is 5.66. The quantitative estimate of drug-likeness (QED) is 0.534. The normalized spacial score (nSPS) is 8.40. The average molecular weight is 133 g/mol. The van der Waals surface area contributed by atoms with Gasteiger partial charge in [-0.05, 0) is 6.07 Å². The van der Waals surface area contributed by atoms with Crippen LogP contribution in [0.5, 0.6) is 5.75 Å². The number of hydrogen-bond acceptors (Lipinski definition) is 2. The van der Waals surface area contributed by atoms with Crippen LogP contribution in [-0.4, -0.2) is 12.1 Å². The second kappa shape index (κ2) is 2.88. The molecule has 0 N–H and O–H groups in total. The predicted octanol–water partition coefficient (Wildman–Crippen LogP) is 1.07. The van der Waals surface area contributed by atoms with Gasteiger partial charge in [-0.25, -0.2) is 0 Å². The first kappa shape index (κ1) is 6.63. The fourth-order valence-corrected chi connectivity index (χ4v) is 0.609. The Labute approximate surface area is 59.9 Å². The van der Waals surface area contributed by atoms with E-state index in [4.69, 9.17) is 11.2 Å². The monoisotopic (exact) mass is 133 g/mol. The topological polar surface area (TPSA) is 22.1 Å². The average Bonchev–Trinajstić information content (AvgIpc) is 2.05. The summed E-state index contributed by atoms with van der Waals surface area (Å²) in [5.41, 5.74) is 0.736. The van der Waals surface area contributed by atoms with Gasteiger partial charge in [0.2, 0.25) is 0 Å². The summed E-state index contributed by atoms with van der Waals surface area (Å²) in [5, 5.41) is 0. The lowest BCUT2D eigenvalue weighted by molar-refractivity contribution is 0.413. The highest BCUT2D eigenvalue weighted by Gasteiger charge is 1.90. The molecule has 0 fully saturated rings. The first-order valence-corrected chi connectivity index (χ1v) is 2.82. The second-order valence-electron chi connectivity index (χ2n) is 1.76. The van der Waals surface area contributed by atoms with Crippen LogP contribution in [0.25, 0.3) is 0 Å². The molecule has 0 spiro atoms. The van der Waals surface area contributed by atoms with Gasteiger partial charge in [0.25, 0.3) is 0 Å². The molecular weight excluding hydrogens is 126 g/mol. The Kier molecular flexibility index (Phi) is 1.91. The van der Waals surface area contributed by atoms with E-state index in [0.717, 1.165) is 5.56 Å². The molecule has 0 aliphatic heterocycles. The highest BCUT2D eigenvalue weighted by Crippen LogP contribution is 2.08. The third kappa shape index (κ3) is 1.26. The lowest BCUT2D eigenvalue weighted by Gasteiger charge is -1.96. The van der Waals surface area contributed by atoms with Crippen molar-refractivity contribution in [2.75, 3.05) is 7.11 Å². The molecule has 0 unspecified atom stereocenters. The number of hydrogen-bond donors (Lipinski definition) is 0. The molecule has 1 aromatic rings. The van der Waals surface area contributed by atoms with Gasteiger partial charge in [-0.2, -0.15) is 0 Å². The molecule has 1 aromatic heterocycles. The highest BCUT2D eigenvalue weighted by molar-refractivity contribution is 5.34. The predicted molar refractivity (Wildman–Crippen MR) is 38.7 cm³/mol. The van der Waals surface area contributed by atoms with E-state index in [1.807, 2.05) is 0 Å². The van der Waals surface area contributed by atoms with Crippen LogP contribution >= 0.6 is 0 Å². The minimum atomic E-state index is 0.690. The number of ether oxygens (including phenoxy) is 1. The Morgan fingerprint density at radius 3 is 3.00 bits per heavy atom. The van der Waals surface area contributed by atoms with Gasteiger partial charge in [-0.3, -0.25) is 4.98 Å². The van der Waals surface area contributed by atoms with Gasteiger partial charge in [0.05, 0.1) is 13.3 Å². The number of methoxy groups -OCH3 is 1. The minimum Gasteiger partial charge on any atom is -0.495 e. The molecule has 1 rings (SSSR count). The Morgan fingerprint density at radius 1 is 1.60 bits per heavy atom. The lowest BCUT2D eigenvalue weighted by Crippen LogP contribution is -1.84. The first-order chi connectivity index (χ1) is 4.86. The van der Waals surface area contributed by atoms with E-state index in [-0.39, 0.29) is 0 Å². The van der Waals surface area contributed by atoms with Crippen LogP contribution in [0.1, 0.15) is 5.56 Å². The van der Waals surface area contributed by atoms with Gasteiger partial charge in [0.1, 0.15) is 5.75 Å². The van der Waals surface area contributed by atoms with E-state index in [1.54, 1.807) is 25.6 Å². The number of nitrogens with zero attached hydrogens (tertiary/aromatic N) is 1. The van der Waals surface area contributed by atoms with Crippen LogP contribution in [0, 0.1) is 12.3 Å². The summed E-state index contributed by atoms with van der Waals surface area (Å²) in [7, 11) is 1.58. The van der Waals surface area contributed by atoms with E-state index in [2.05, 4.69) is 10.9 Å². The van der Waals surface area contributed by atoms with E-state index in [0.29, 0.717) is 5.75 Å². The van der Waals surface area contributed by atoms with Gasteiger partial charge in [0, 0.05) is 11.8 Å². The maximum Gasteiger partial charge on any atom is 0.138 e. The van der Waals surface area contributed by atoms with Crippen molar-refractivity contribution in [1.29, 1.82) is 0 Å². The van der Waals surface area contributed by atoms with Crippen molar-refractivity contribution in [3.05, 3.63) is 24.0 Å². The molecule has 0 saturated heterocycles. The van der Waals surface area contributed by atoms with Crippen molar-refractivity contribution in [1.82, 2.24) is 4.98 Å². The molecule has 10 heavy (non-hydrogen) atoms. The van der Waals surface area contributed by atoms with Crippen molar-refractivity contribution in [3.63, 3.8) is 0 Å². The van der Waals surface area contributed by atoms with Crippen molar-refractivity contribution in [3.8, 4) is 18.1 Å². The van der Waals surface area contributed by atoms with Crippen LogP contribution in [-0.2, 0) is 0 Å². The maximum atomic E-state index is 5.13. The molecular formula is C8H7NO. The first-order valence-electron chi connectivity index (χ1n) is 2.82. The van der Waals surface area contributed by atoms with Crippen LogP contribution in [0.3, 0.4) is 0 Å². The summed E-state index contributed by atoms with van der Waals surface area (Å²) < 4.78 is 4.90. The van der Waals surface area contributed by atoms with E-state index in [1.165, 1.54) is 0 Å². The summed E-state index contributed by atoms with van der Waals surface area (Å²) in [6, 6.07) is 1.76. The number of pyridine rings is 1. The Bertz CT molecular complexity index is 262. The van der Waals surface area contributed by atoms with Gasteiger partial charge in [0.15, 0.2) is 0 Å². The molecule has 0 radical (unpaired) electrons. The van der Waals surface area contributed by atoms with E-state index in [9.17, 15) is 0 Å². The smallest absolute Gasteiger partial charge is 0.138 e. The summed E-state index contributed by atoms with van der Waals surface area (Å²) in [4.78, 5) is 3.86. The van der Waals surface area contributed by atoms with Crippen molar-refractivity contribution in [2.24, 2.45) is 0 Å². The SMILES string of the molecule is C#Cc1cncc(OC)c1. The fraction of sp³-hybridized carbons (Fsp3) is 0.125. The van der Waals surface area contributed by atoms with E-state index < -0.39 is 0 Å². The molecule has 0 saturated carbocycles. The van der Waals surface area contributed by atoms with Gasteiger partial charge < -0.3 is 4.74 Å². The number of aromatic nitrogens is 1. The Morgan fingerprint density at radius 2 is 2.40 bits per heavy atom. The third-order valence-electron chi connectivity index (χ3n) is 1.12. The molecule has 1 heterocycles. The summed E-state index contributed by atoms with van der Waals surface area (Å²) in [6.07, 6.45) is 8.35. The lowest BCUT2D eigenvalue weighted by atomic mass is 10.3. The largest absolute Gasteiger partial charge is 0.495 e. The van der Waals surface area contributed by atoms with Crippen molar-refractivity contribution in [2.45, 2.75) is 0 Å². The Balaban J connectivity index is 3.01. The van der Waals surface area contributed by atoms with E-state index >= 15 is 0 Å². The molecule has 2 nitrogen and oxygen atoms in total. The van der Waals surface area contributed by atoms with Crippen LogP contribution in [0.15, 0.2) is 18.5 Å². The van der Waals surface area contributed by atoms with Crippen LogP contribution in [0.4, 0.5) is 0 Å². The maximum absolute atomic E-state index is 5.13. The van der Waals surface area contributed by atoms with Crippen molar-refractivity contribution >= 4 is 0 Å². The summed E-state index contributed by atoms with van der Waals surface area (Å²) in [6.45, 7) is 0. The minimum absolute atomic E-state index is 0.690. The standard InChI is InChI=1S/C8H7NO/c1-3-7-4-8(10-2)6-9-5-7/h1,4-6H,2H3. The van der Waals surface area contributed by atoms with Crippen LogP contribution < -0.4 is 4.74 Å². The zero-order valence-electron chi connectivity index (χ0n) is 5.66. The highest BCUT2D eigenvalue weighted by atomic mass is 16.5. The molecule has 0 aromatic carbocycles. The number of rotatable bonds is 1. The second-order valence-corrected chi connectivity index (χ2v) is 1.76. The molecule has 0 amide bonds. The third-order valence-corrected chi connectivity index (χ3v) is 1.12. The Hall–Kier alpha value is -1.49. The zero-order chi connectivity index (χ0) is 7.40. The molecule has 0 aliphatic rings. The number of terminal acetylenes is 1. The molecule has 50 valence electrons. The van der Waals surface area contributed by atoms with Gasteiger partial charge in [-0.1, -0.05) is 5.92 Å². The van der Waals surface area contributed by atoms with Gasteiger partial charge >= 0.3 is 0 Å². The summed E-state index contributed by atoms with van der Waals surface area (Å²) in [5.74, 6) is 3.15. The molecule has 0 atom stereocenters. The molecule has 2 heteroatoms. The fourth-order valence-electron chi connectivity index (χ4n) is 0.609. The van der Waals surface area contributed by atoms with Gasteiger partial charge in [-0.15, -0.1) is 6.42 Å². The van der Waals surface area contributed by atoms with Crippen LogP contribution in [0.2, 0.25) is 0 Å².